The van der Waals surface area contributed by atoms with Crippen LogP contribution in [0, 0.1) is 0 Å². The standard InChI is InChI=1S/C25H24ClN3O/c1-16(2)18-9-12-21(13-10-18)27-25(30)17(3)29-23-14-11-20(26)15-22(23)24(28-29)19-7-5-4-6-8-19/h4-17H,1-3H3,(H,27,30)/t17-/m0/s1. The molecule has 0 unspecified atom stereocenters. The van der Waals surface area contributed by atoms with E-state index in [9.17, 15) is 4.79 Å². The molecule has 1 heterocycles. The van der Waals surface area contributed by atoms with Crippen LogP contribution in [0.25, 0.3) is 22.2 Å². The normalized spacial score (nSPS) is 12.3. The number of carbonyl (C=O) groups is 1. The predicted molar refractivity (Wildman–Crippen MR) is 124 cm³/mol. The van der Waals surface area contributed by atoms with Gasteiger partial charge >= 0.3 is 0 Å². The van der Waals surface area contributed by atoms with Crippen LogP contribution >= 0.6 is 11.6 Å². The molecule has 4 nitrogen and oxygen atoms in total. The third kappa shape index (κ3) is 3.96. The van der Waals surface area contributed by atoms with Crippen LogP contribution < -0.4 is 5.32 Å². The number of anilines is 1. The van der Waals surface area contributed by atoms with E-state index in [0.29, 0.717) is 10.9 Å². The summed E-state index contributed by atoms with van der Waals surface area (Å²) in [5, 5.41) is 9.37. The van der Waals surface area contributed by atoms with Gasteiger partial charge < -0.3 is 5.32 Å². The van der Waals surface area contributed by atoms with Crippen LogP contribution in [0.2, 0.25) is 5.02 Å². The van der Waals surface area contributed by atoms with Crippen molar-refractivity contribution >= 4 is 34.1 Å². The SMILES string of the molecule is CC(C)c1ccc(NC(=O)[C@H](C)n2nc(-c3ccccc3)c3cc(Cl)ccc32)cc1. The number of benzene rings is 3. The van der Waals surface area contributed by atoms with Gasteiger partial charge in [-0.25, -0.2) is 0 Å². The Bertz CT molecular complexity index is 1180. The first-order valence-electron chi connectivity index (χ1n) is 10.1. The summed E-state index contributed by atoms with van der Waals surface area (Å²) in [6, 6.07) is 23.1. The maximum absolute atomic E-state index is 13.0. The molecule has 0 aliphatic rings. The summed E-state index contributed by atoms with van der Waals surface area (Å²) in [6.45, 7) is 6.15. The van der Waals surface area contributed by atoms with Crippen molar-refractivity contribution < 1.29 is 4.79 Å². The van der Waals surface area contributed by atoms with Crippen LogP contribution in [0.15, 0.2) is 72.8 Å². The number of fused-ring (bicyclic) bond motifs is 1. The molecular weight excluding hydrogens is 394 g/mol. The molecule has 0 saturated carbocycles. The van der Waals surface area contributed by atoms with E-state index < -0.39 is 6.04 Å². The lowest BCUT2D eigenvalue weighted by Gasteiger charge is -2.14. The van der Waals surface area contributed by atoms with E-state index in [4.69, 9.17) is 16.7 Å². The van der Waals surface area contributed by atoms with E-state index in [2.05, 4.69) is 19.2 Å². The fourth-order valence-electron chi connectivity index (χ4n) is 3.53. The van der Waals surface area contributed by atoms with Gasteiger partial charge in [-0.15, -0.1) is 0 Å². The van der Waals surface area contributed by atoms with E-state index in [-0.39, 0.29) is 5.91 Å². The van der Waals surface area contributed by atoms with E-state index in [1.807, 2.05) is 79.7 Å². The number of halogens is 1. The lowest BCUT2D eigenvalue weighted by Crippen LogP contribution is -2.24. The van der Waals surface area contributed by atoms with Crippen LogP contribution in [0.5, 0.6) is 0 Å². The topological polar surface area (TPSA) is 46.9 Å². The van der Waals surface area contributed by atoms with Gasteiger partial charge in [0.15, 0.2) is 0 Å². The highest BCUT2D eigenvalue weighted by Crippen LogP contribution is 2.32. The number of rotatable bonds is 5. The van der Waals surface area contributed by atoms with Crippen molar-refractivity contribution in [3.05, 3.63) is 83.4 Å². The summed E-state index contributed by atoms with van der Waals surface area (Å²) in [5.41, 5.74) is 4.69. The van der Waals surface area contributed by atoms with Crippen molar-refractivity contribution in [1.82, 2.24) is 9.78 Å². The van der Waals surface area contributed by atoms with Crippen LogP contribution in [-0.4, -0.2) is 15.7 Å². The average molecular weight is 418 g/mol. The summed E-state index contributed by atoms with van der Waals surface area (Å²) < 4.78 is 1.77. The molecule has 0 aliphatic carbocycles. The van der Waals surface area contributed by atoms with Crippen molar-refractivity contribution in [3.63, 3.8) is 0 Å². The molecule has 152 valence electrons. The molecule has 1 aromatic heterocycles. The monoisotopic (exact) mass is 417 g/mol. The lowest BCUT2D eigenvalue weighted by atomic mass is 10.0. The van der Waals surface area contributed by atoms with E-state index in [1.165, 1.54) is 5.56 Å². The Morgan fingerprint density at radius 3 is 2.33 bits per heavy atom. The number of hydrogen-bond donors (Lipinski definition) is 1. The highest BCUT2D eigenvalue weighted by molar-refractivity contribution is 6.31. The summed E-state index contributed by atoms with van der Waals surface area (Å²) in [4.78, 5) is 13.0. The van der Waals surface area contributed by atoms with Gasteiger partial charge in [0.25, 0.3) is 0 Å². The van der Waals surface area contributed by atoms with Gasteiger partial charge in [-0.3, -0.25) is 9.48 Å². The van der Waals surface area contributed by atoms with Crippen molar-refractivity contribution in [2.24, 2.45) is 0 Å². The number of amides is 1. The zero-order chi connectivity index (χ0) is 21.3. The Kier molecular flexibility index (Phi) is 5.60. The maximum Gasteiger partial charge on any atom is 0.248 e. The van der Waals surface area contributed by atoms with Gasteiger partial charge in [0, 0.05) is 21.7 Å². The zero-order valence-electron chi connectivity index (χ0n) is 17.3. The number of nitrogens with zero attached hydrogens (tertiary/aromatic N) is 2. The van der Waals surface area contributed by atoms with Gasteiger partial charge in [0.1, 0.15) is 11.7 Å². The fraction of sp³-hybridized carbons (Fsp3) is 0.200. The lowest BCUT2D eigenvalue weighted by molar-refractivity contribution is -0.118. The minimum Gasteiger partial charge on any atom is -0.324 e. The molecule has 1 atom stereocenters. The predicted octanol–water partition coefficient (Wildman–Crippen LogP) is 6.68. The third-order valence-corrected chi connectivity index (χ3v) is 5.54. The second kappa shape index (κ2) is 8.33. The fourth-order valence-corrected chi connectivity index (χ4v) is 3.70. The minimum atomic E-state index is -0.490. The molecule has 0 bridgehead atoms. The summed E-state index contributed by atoms with van der Waals surface area (Å²) in [6.07, 6.45) is 0. The average Bonchev–Trinajstić information content (AvgIpc) is 3.12. The summed E-state index contributed by atoms with van der Waals surface area (Å²) >= 11 is 6.26. The molecule has 4 rings (SSSR count). The van der Waals surface area contributed by atoms with Crippen LogP contribution in [0.1, 0.15) is 38.3 Å². The van der Waals surface area contributed by atoms with Gasteiger partial charge in [0.2, 0.25) is 5.91 Å². The van der Waals surface area contributed by atoms with Crippen molar-refractivity contribution in [2.45, 2.75) is 32.7 Å². The maximum atomic E-state index is 13.0. The van der Waals surface area contributed by atoms with Crippen molar-refractivity contribution in [3.8, 4) is 11.3 Å². The molecule has 30 heavy (non-hydrogen) atoms. The molecular formula is C25H24ClN3O. The second-order valence-electron chi connectivity index (χ2n) is 7.76. The smallest absolute Gasteiger partial charge is 0.248 e. The Labute approximate surface area is 181 Å². The quantitative estimate of drug-likeness (QED) is 0.393. The first kappa shape index (κ1) is 20.2. The number of nitrogens with one attached hydrogen (secondary N) is 1. The summed E-state index contributed by atoms with van der Waals surface area (Å²) in [5.74, 6) is 0.332. The van der Waals surface area contributed by atoms with Gasteiger partial charge in [-0.2, -0.15) is 5.10 Å². The molecule has 0 spiro atoms. The highest BCUT2D eigenvalue weighted by atomic mass is 35.5. The molecule has 0 radical (unpaired) electrons. The van der Waals surface area contributed by atoms with Crippen LogP contribution in [-0.2, 0) is 4.79 Å². The second-order valence-corrected chi connectivity index (χ2v) is 8.20. The van der Waals surface area contributed by atoms with Crippen molar-refractivity contribution in [2.75, 3.05) is 5.32 Å². The number of hydrogen-bond acceptors (Lipinski definition) is 2. The van der Waals surface area contributed by atoms with E-state index in [1.54, 1.807) is 4.68 Å². The largest absolute Gasteiger partial charge is 0.324 e. The van der Waals surface area contributed by atoms with Gasteiger partial charge in [-0.1, -0.05) is 67.9 Å². The Morgan fingerprint density at radius 2 is 1.67 bits per heavy atom. The third-order valence-electron chi connectivity index (χ3n) is 5.31. The van der Waals surface area contributed by atoms with Crippen LogP contribution in [0.3, 0.4) is 0 Å². The van der Waals surface area contributed by atoms with Gasteiger partial charge in [0.05, 0.1) is 5.52 Å². The number of carbonyl (C=O) groups excluding carboxylic acids is 1. The molecule has 1 amide bonds. The summed E-state index contributed by atoms with van der Waals surface area (Å²) in [7, 11) is 0. The molecule has 4 aromatic rings. The molecule has 0 fully saturated rings. The Balaban J connectivity index is 1.67. The van der Waals surface area contributed by atoms with Crippen molar-refractivity contribution in [1.29, 1.82) is 0 Å². The molecule has 3 aromatic carbocycles. The molecule has 0 aliphatic heterocycles. The first-order chi connectivity index (χ1) is 14.4. The van der Waals surface area contributed by atoms with E-state index in [0.717, 1.165) is 27.8 Å². The number of aromatic nitrogens is 2. The Hall–Kier alpha value is -3.11. The van der Waals surface area contributed by atoms with Gasteiger partial charge in [-0.05, 0) is 48.7 Å². The highest BCUT2D eigenvalue weighted by Gasteiger charge is 2.21. The Morgan fingerprint density at radius 1 is 0.967 bits per heavy atom. The van der Waals surface area contributed by atoms with Crippen LogP contribution in [0.4, 0.5) is 5.69 Å². The minimum absolute atomic E-state index is 0.119. The molecule has 0 saturated heterocycles. The van der Waals surface area contributed by atoms with E-state index >= 15 is 0 Å². The molecule has 1 N–H and O–H groups in total. The zero-order valence-corrected chi connectivity index (χ0v) is 18.0. The first-order valence-corrected chi connectivity index (χ1v) is 10.5. The molecule has 5 heteroatoms.